The van der Waals surface area contributed by atoms with Crippen LogP contribution in [-0.4, -0.2) is 14.7 Å². The molecule has 0 saturated heterocycles. The van der Waals surface area contributed by atoms with Gasteiger partial charge in [0, 0.05) is 0 Å². The van der Waals surface area contributed by atoms with Crippen LogP contribution in [0.2, 0.25) is 0 Å². The van der Waals surface area contributed by atoms with Crippen molar-refractivity contribution in [2.24, 2.45) is 0 Å². The summed E-state index contributed by atoms with van der Waals surface area (Å²) in [7, 11) is 0. The summed E-state index contributed by atoms with van der Waals surface area (Å²) < 4.78 is 4.41. The second-order valence-electron chi connectivity index (χ2n) is 6.74. The Kier molecular flexibility index (Phi) is 4.28. The standard InChI is InChI=1S/C26H19As/c1-3-11-24(12-4-1)27(25-13-5-2-6-14-25)26-16-15-22-17-20-9-7-8-10-21(20)18-23(22)19-26/h1-19H. The summed E-state index contributed by atoms with van der Waals surface area (Å²) in [4.78, 5) is 0. The molecule has 0 saturated carbocycles. The van der Waals surface area contributed by atoms with Crippen molar-refractivity contribution >= 4 is 49.3 Å². The molecule has 0 heterocycles. The molecule has 5 aromatic carbocycles. The van der Waals surface area contributed by atoms with E-state index in [9.17, 15) is 0 Å². The molecule has 0 aliphatic carbocycles. The maximum absolute atomic E-state index is 2.42. The molecule has 0 aliphatic heterocycles. The van der Waals surface area contributed by atoms with E-state index in [4.69, 9.17) is 0 Å². The second-order valence-corrected chi connectivity index (χ2v) is 11.4. The first-order chi connectivity index (χ1) is 13.4. The molecule has 0 nitrogen and oxygen atoms in total. The van der Waals surface area contributed by atoms with Gasteiger partial charge in [0.2, 0.25) is 0 Å². The van der Waals surface area contributed by atoms with E-state index < -0.39 is 14.7 Å². The average molecular weight is 406 g/mol. The zero-order chi connectivity index (χ0) is 18.1. The molecule has 27 heavy (non-hydrogen) atoms. The number of benzene rings is 5. The van der Waals surface area contributed by atoms with Gasteiger partial charge in [0.15, 0.2) is 0 Å². The van der Waals surface area contributed by atoms with Crippen LogP contribution in [0.25, 0.3) is 21.5 Å². The van der Waals surface area contributed by atoms with E-state index in [1.165, 1.54) is 34.6 Å². The summed E-state index contributed by atoms with van der Waals surface area (Å²) in [5, 5.41) is 5.25. The van der Waals surface area contributed by atoms with Crippen LogP contribution in [0.4, 0.5) is 0 Å². The number of fused-ring (bicyclic) bond motifs is 2. The molecule has 1 heteroatoms. The number of hydrogen-bond donors (Lipinski definition) is 0. The topological polar surface area (TPSA) is 0 Å². The first-order valence-electron chi connectivity index (χ1n) is 9.21. The van der Waals surface area contributed by atoms with Crippen molar-refractivity contribution in [1.82, 2.24) is 0 Å². The van der Waals surface area contributed by atoms with Crippen molar-refractivity contribution in [3.63, 3.8) is 0 Å². The van der Waals surface area contributed by atoms with Gasteiger partial charge in [0.1, 0.15) is 0 Å². The zero-order valence-corrected chi connectivity index (χ0v) is 16.8. The van der Waals surface area contributed by atoms with Crippen LogP contribution in [-0.2, 0) is 0 Å². The Morgan fingerprint density at radius 1 is 0.333 bits per heavy atom. The first kappa shape index (κ1) is 16.4. The fraction of sp³-hybridized carbons (Fsp3) is 0. The molecule has 5 aromatic rings. The van der Waals surface area contributed by atoms with Crippen LogP contribution in [0.1, 0.15) is 0 Å². The third-order valence-corrected chi connectivity index (χ3v) is 10.1. The molecular formula is C26H19As. The van der Waals surface area contributed by atoms with Crippen LogP contribution in [0.15, 0.2) is 115 Å². The summed E-state index contributed by atoms with van der Waals surface area (Å²) in [6.45, 7) is 0. The Morgan fingerprint density at radius 3 is 1.41 bits per heavy atom. The molecule has 0 unspecified atom stereocenters. The van der Waals surface area contributed by atoms with E-state index >= 15 is 0 Å². The van der Waals surface area contributed by atoms with Gasteiger partial charge in [-0.15, -0.1) is 0 Å². The maximum atomic E-state index is 2.42. The van der Waals surface area contributed by atoms with Gasteiger partial charge in [-0.1, -0.05) is 0 Å². The summed E-state index contributed by atoms with van der Waals surface area (Å²) in [5.41, 5.74) is 0. The minimum absolute atomic E-state index is 1.30. The van der Waals surface area contributed by atoms with E-state index in [0.29, 0.717) is 0 Å². The molecule has 0 radical (unpaired) electrons. The number of hydrogen-bond acceptors (Lipinski definition) is 0. The Bertz CT molecular complexity index is 1170. The summed E-state index contributed by atoms with van der Waals surface area (Å²) >= 11 is -1.56. The molecule has 0 aliphatic rings. The Balaban J connectivity index is 1.71. The van der Waals surface area contributed by atoms with Gasteiger partial charge in [-0.25, -0.2) is 0 Å². The molecule has 5 rings (SSSR count). The van der Waals surface area contributed by atoms with Crippen molar-refractivity contribution in [2.45, 2.75) is 0 Å². The van der Waals surface area contributed by atoms with Crippen LogP contribution in [0, 0.1) is 0 Å². The van der Waals surface area contributed by atoms with E-state index in [1.807, 2.05) is 0 Å². The Labute approximate surface area is 164 Å². The summed E-state index contributed by atoms with van der Waals surface area (Å²) in [5.74, 6) is 0. The SMILES string of the molecule is c1ccc([As](c2ccccc2)c2ccc3cc4ccccc4cc3c2)cc1. The first-order valence-corrected chi connectivity index (χ1v) is 12.0. The van der Waals surface area contributed by atoms with Crippen LogP contribution < -0.4 is 13.1 Å². The monoisotopic (exact) mass is 406 g/mol. The summed E-state index contributed by atoms with van der Waals surface area (Å²) in [6.07, 6.45) is 0. The van der Waals surface area contributed by atoms with Gasteiger partial charge >= 0.3 is 165 Å². The van der Waals surface area contributed by atoms with E-state index in [2.05, 4.69) is 115 Å². The fourth-order valence-corrected chi connectivity index (χ4v) is 8.55. The van der Waals surface area contributed by atoms with E-state index in [0.717, 1.165) is 0 Å². The van der Waals surface area contributed by atoms with Gasteiger partial charge in [0.05, 0.1) is 0 Å². The van der Waals surface area contributed by atoms with Crippen molar-refractivity contribution in [1.29, 1.82) is 0 Å². The second kappa shape index (κ2) is 7.06. The van der Waals surface area contributed by atoms with Gasteiger partial charge in [-0.2, -0.15) is 0 Å². The third-order valence-electron chi connectivity index (χ3n) is 4.98. The summed E-state index contributed by atoms with van der Waals surface area (Å²) in [6, 6.07) is 42.3. The van der Waals surface area contributed by atoms with Crippen molar-refractivity contribution in [3.8, 4) is 0 Å². The molecule has 0 bridgehead atoms. The van der Waals surface area contributed by atoms with E-state index in [-0.39, 0.29) is 0 Å². The van der Waals surface area contributed by atoms with Crippen LogP contribution in [0.3, 0.4) is 0 Å². The Hall–Kier alpha value is -2.82. The molecule has 0 N–H and O–H groups in total. The normalized spacial score (nSPS) is 11.3. The molecule has 128 valence electrons. The van der Waals surface area contributed by atoms with Gasteiger partial charge in [-0.3, -0.25) is 0 Å². The molecule has 0 fully saturated rings. The van der Waals surface area contributed by atoms with Crippen molar-refractivity contribution < 1.29 is 0 Å². The molecule has 0 aromatic heterocycles. The molecular weight excluding hydrogens is 387 g/mol. The van der Waals surface area contributed by atoms with Crippen molar-refractivity contribution in [2.75, 3.05) is 0 Å². The van der Waals surface area contributed by atoms with Gasteiger partial charge in [-0.05, 0) is 0 Å². The third kappa shape index (κ3) is 3.18. The number of rotatable bonds is 3. The van der Waals surface area contributed by atoms with Gasteiger partial charge in [0.25, 0.3) is 0 Å². The van der Waals surface area contributed by atoms with Crippen LogP contribution in [0.5, 0.6) is 0 Å². The quantitative estimate of drug-likeness (QED) is 0.306. The molecule has 0 spiro atoms. The minimum atomic E-state index is -1.56. The van der Waals surface area contributed by atoms with Gasteiger partial charge < -0.3 is 0 Å². The Morgan fingerprint density at radius 2 is 0.815 bits per heavy atom. The van der Waals surface area contributed by atoms with E-state index in [1.54, 1.807) is 0 Å². The molecule has 0 atom stereocenters. The predicted octanol–water partition coefficient (Wildman–Crippen LogP) is 4.51. The average Bonchev–Trinajstić information content (AvgIpc) is 2.74. The fourth-order valence-electron chi connectivity index (χ4n) is 3.67. The predicted molar refractivity (Wildman–Crippen MR) is 119 cm³/mol. The zero-order valence-electron chi connectivity index (χ0n) is 14.9. The molecule has 0 amide bonds. The van der Waals surface area contributed by atoms with Crippen molar-refractivity contribution in [3.05, 3.63) is 115 Å². The van der Waals surface area contributed by atoms with Crippen LogP contribution >= 0.6 is 0 Å².